The van der Waals surface area contributed by atoms with Gasteiger partial charge in [-0.15, -0.1) is 0 Å². The van der Waals surface area contributed by atoms with Crippen LogP contribution in [0.2, 0.25) is 0 Å². The van der Waals surface area contributed by atoms with Crippen molar-refractivity contribution in [1.82, 2.24) is 18.6 Å². The summed E-state index contributed by atoms with van der Waals surface area (Å²) in [5, 5.41) is 15.0. The molecule has 3 rings (SSSR count). The summed E-state index contributed by atoms with van der Waals surface area (Å²) in [5.74, 6) is -1.93. The van der Waals surface area contributed by atoms with Crippen LogP contribution < -0.4 is 10.6 Å². The van der Waals surface area contributed by atoms with E-state index in [9.17, 15) is 28.8 Å². The molecule has 9 nitrogen and oxygen atoms in total. The molecular formula is C24H35FIN5O4. The first kappa shape index (κ1) is 27.6. The summed E-state index contributed by atoms with van der Waals surface area (Å²) in [7, 11) is 0. The van der Waals surface area contributed by atoms with E-state index in [-0.39, 0.29) is 30.2 Å². The van der Waals surface area contributed by atoms with E-state index in [1.54, 1.807) is 28.8 Å². The van der Waals surface area contributed by atoms with Crippen LogP contribution in [0, 0.1) is 34.0 Å². The third kappa shape index (κ3) is 5.27. The number of rotatable bonds is 7. The smallest absolute Gasteiger partial charge is 0.252 e. The highest BCUT2D eigenvalue weighted by molar-refractivity contribution is 14.1. The van der Waals surface area contributed by atoms with Crippen molar-refractivity contribution in [1.29, 1.82) is 5.26 Å². The van der Waals surface area contributed by atoms with Gasteiger partial charge in [0, 0.05) is 23.9 Å². The molecule has 2 bridgehead atoms. The summed E-state index contributed by atoms with van der Waals surface area (Å²) in [4.78, 5) is 53.2. The number of alkyl halides is 1. The minimum absolute atomic E-state index is 0.0472. The molecule has 1 aliphatic carbocycles. The van der Waals surface area contributed by atoms with Gasteiger partial charge in [0.05, 0.1) is 28.9 Å². The number of nitrogens with one attached hydrogen (secondary N) is 2. The molecule has 3 aliphatic rings. The second-order valence-electron chi connectivity index (χ2n) is 11.5. The standard InChI is InChI=1S/C24H35FIN5O4/c1-13-8-16-10-24(13,5)19(31(16)22(35)18(23(2,3)4)29-17(32)11-25)20(33)28-15(12-27)9-14-6-7-30(26)21(14)34/h13-16,18-19H,6-11H2,1-5H3,(H,28,33)(H,29,32)/t13?,14-,15-,16+,18?,19+,24+/m0/s1. The summed E-state index contributed by atoms with van der Waals surface area (Å²) in [6.45, 7) is 8.75. The maximum Gasteiger partial charge on any atom is 0.252 e. The van der Waals surface area contributed by atoms with E-state index in [1.807, 2.05) is 29.8 Å². The molecule has 0 aromatic carbocycles. The molecule has 11 heteroatoms. The minimum atomic E-state index is -1.24. The number of likely N-dealkylation sites (tertiary alicyclic amines) is 1. The molecule has 0 aromatic heterocycles. The van der Waals surface area contributed by atoms with Crippen molar-refractivity contribution in [2.75, 3.05) is 13.2 Å². The molecule has 194 valence electrons. The molecule has 0 aromatic rings. The van der Waals surface area contributed by atoms with Crippen molar-refractivity contribution < 1.29 is 23.6 Å². The quantitative estimate of drug-likeness (QED) is 0.341. The Morgan fingerprint density at radius 1 is 1.31 bits per heavy atom. The van der Waals surface area contributed by atoms with Gasteiger partial charge in [-0.05, 0) is 37.0 Å². The number of halogens is 2. The predicted octanol–water partition coefficient (Wildman–Crippen LogP) is 2.10. The molecule has 0 radical (unpaired) electrons. The normalized spacial score (nSPS) is 31.8. The van der Waals surface area contributed by atoms with Gasteiger partial charge < -0.3 is 15.5 Å². The number of hydrogen-bond donors (Lipinski definition) is 2. The van der Waals surface area contributed by atoms with E-state index in [4.69, 9.17) is 0 Å². The van der Waals surface area contributed by atoms with Crippen LogP contribution in [-0.4, -0.2) is 69.0 Å². The van der Waals surface area contributed by atoms with Gasteiger partial charge in [-0.3, -0.25) is 22.3 Å². The average molecular weight is 603 g/mol. The van der Waals surface area contributed by atoms with Gasteiger partial charge in [0.2, 0.25) is 17.7 Å². The largest absolute Gasteiger partial charge is 0.342 e. The van der Waals surface area contributed by atoms with Gasteiger partial charge in [-0.1, -0.05) is 34.6 Å². The summed E-state index contributed by atoms with van der Waals surface area (Å²) in [6, 6.07) is -0.773. The monoisotopic (exact) mass is 603 g/mol. The molecule has 2 aliphatic heterocycles. The molecule has 4 amide bonds. The Kier molecular flexibility index (Phi) is 8.04. The van der Waals surface area contributed by atoms with Crippen molar-refractivity contribution >= 4 is 46.5 Å². The van der Waals surface area contributed by atoms with Crippen LogP contribution in [0.1, 0.15) is 60.3 Å². The number of nitrogens with zero attached hydrogens (tertiary/aromatic N) is 3. The molecule has 7 atom stereocenters. The van der Waals surface area contributed by atoms with Crippen molar-refractivity contribution in [2.24, 2.45) is 22.7 Å². The van der Waals surface area contributed by atoms with Gasteiger partial charge in [0.15, 0.2) is 6.67 Å². The first-order valence-corrected chi connectivity index (χ1v) is 13.1. The molecule has 1 saturated carbocycles. The number of amides is 4. The molecule has 2 unspecified atom stereocenters. The van der Waals surface area contributed by atoms with Crippen LogP contribution in [0.25, 0.3) is 0 Å². The van der Waals surface area contributed by atoms with E-state index < -0.39 is 53.4 Å². The zero-order chi connectivity index (χ0) is 26.3. The minimum Gasteiger partial charge on any atom is -0.342 e. The van der Waals surface area contributed by atoms with Crippen LogP contribution in [0.15, 0.2) is 0 Å². The number of carbonyl (C=O) groups excluding carboxylic acids is 4. The highest BCUT2D eigenvalue weighted by Gasteiger charge is 2.62. The Balaban J connectivity index is 1.85. The highest BCUT2D eigenvalue weighted by atomic mass is 127. The number of carbonyl (C=O) groups is 4. The highest BCUT2D eigenvalue weighted by Crippen LogP contribution is 2.56. The Morgan fingerprint density at radius 2 is 1.97 bits per heavy atom. The van der Waals surface area contributed by atoms with Crippen LogP contribution in [-0.2, 0) is 19.2 Å². The van der Waals surface area contributed by atoms with Crippen LogP contribution in [0.5, 0.6) is 0 Å². The van der Waals surface area contributed by atoms with Gasteiger partial charge in [-0.25, -0.2) is 4.39 Å². The van der Waals surface area contributed by atoms with E-state index >= 15 is 0 Å². The Hall–Kier alpha value is -1.97. The first-order valence-electron chi connectivity index (χ1n) is 12.1. The lowest BCUT2D eigenvalue weighted by Gasteiger charge is -2.45. The number of nitriles is 1. The van der Waals surface area contributed by atoms with Gasteiger partial charge >= 0.3 is 0 Å². The zero-order valence-corrected chi connectivity index (χ0v) is 23.1. The van der Waals surface area contributed by atoms with Crippen LogP contribution >= 0.6 is 22.9 Å². The molecular weight excluding hydrogens is 568 g/mol. The van der Waals surface area contributed by atoms with Crippen molar-refractivity contribution in [3.63, 3.8) is 0 Å². The van der Waals surface area contributed by atoms with Crippen molar-refractivity contribution in [3.05, 3.63) is 0 Å². The van der Waals surface area contributed by atoms with Crippen LogP contribution in [0.4, 0.5) is 4.39 Å². The lowest BCUT2D eigenvalue weighted by atomic mass is 9.73. The number of hydrogen-bond acceptors (Lipinski definition) is 5. The first-order chi connectivity index (χ1) is 16.2. The summed E-state index contributed by atoms with van der Waals surface area (Å²) >= 11 is 1.95. The van der Waals surface area contributed by atoms with E-state index in [2.05, 4.69) is 23.6 Å². The average Bonchev–Trinajstić information content (AvgIpc) is 3.37. The molecule has 3 fully saturated rings. The zero-order valence-electron chi connectivity index (χ0n) is 20.9. The number of fused-ring (bicyclic) bond motifs is 2. The van der Waals surface area contributed by atoms with Crippen molar-refractivity contribution in [3.8, 4) is 6.07 Å². The summed E-state index contributed by atoms with van der Waals surface area (Å²) in [5.41, 5.74) is -1.21. The summed E-state index contributed by atoms with van der Waals surface area (Å²) < 4.78 is 14.6. The van der Waals surface area contributed by atoms with E-state index in [1.165, 1.54) is 0 Å². The third-order valence-electron chi connectivity index (χ3n) is 8.02. The number of piperidine rings is 1. The van der Waals surface area contributed by atoms with E-state index in [0.29, 0.717) is 19.4 Å². The summed E-state index contributed by atoms with van der Waals surface area (Å²) in [6.07, 6.45) is 2.20. The fourth-order valence-electron chi connectivity index (χ4n) is 5.92. The molecule has 0 spiro atoms. The maximum atomic E-state index is 13.8. The maximum absolute atomic E-state index is 13.8. The second-order valence-corrected chi connectivity index (χ2v) is 12.6. The topological polar surface area (TPSA) is 123 Å². The Morgan fingerprint density at radius 3 is 2.49 bits per heavy atom. The van der Waals surface area contributed by atoms with Gasteiger partial charge in [0.1, 0.15) is 18.1 Å². The molecule has 2 saturated heterocycles. The third-order valence-corrected chi connectivity index (χ3v) is 8.98. The Bertz CT molecular complexity index is 934. The molecule has 2 heterocycles. The molecule has 35 heavy (non-hydrogen) atoms. The van der Waals surface area contributed by atoms with Crippen molar-refractivity contribution in [2.45, 2.75) is 84.5 Å². The fraction of sp³-hybridized carbons (Fsp3) is 0.792. The van der Waals surface area contributed by atoms with Gasteiger partial charge in [0.25, 0.3) is 5.91 Å². The molecule has 2 N–H and O–H groups in total. The second kappa shape index (κ2) is 10.2. The SMILES string of the molecule is CC1C[C@@H]2C[C@@]1(C)[C@@H](C(=O)N[C@H](C#N)C[C@@H]1CCN(I)C1=O)N2C(=O)C(NC(=O)CF)C(C)(C)C. The fourth-order valence-corrected chi connectivity index (χ4v) is 6.59. The van der Waals surface area contributed by atoms with Crippen LogP contribution in [0.3, 0.4) is 0 Å². The Labute approximate surface area is 220 Å². The van der Waals surface area contributed by atoms with E-state index in [0.717, 1.165) is 6.42 Å². The predicted molar refractivity (Wildman–Crippen MR) is 134 cm³/mol. The van der Waals surface area contributed by atoms with Gasteiger partial charge in [-0.2, -0.15) is 5.26 Å². The lowest BCUT2D eigenvalue weighted by molar-refractivity contribution is -0.151. The lowest BCUT2D eigenvalue weighted by Crippen LogP contribution is -2.64.